The Morgan fingerprint density at radius 3 is 1.21 bits per heavy atom. The summed E-state index contributed by atoms with van der Waals surface area (Å²) in [7, 11) is 0. The minimum absolute atomic E-state index is 0.0913. The van der Waals surface area contributed by atoms with Gasteiger partial charge in [0.1, 0.15) is 23.0 Å². The first-order valence-corrected chi connectivity index (χ1v) is 21.8. The van der Waals surface area contributed by atoms with Crippen molar-refractivity contribution in [2.24, 2.45) is 9.98 Å². The van der Waals surface area contributed by atoms with Crippen molar-refractivity contribution in [3.05, 3.63) is 47.5 Å². The lowest BCUT2D eigenvalue weighted by atomic mass is 10.1. The van der Waals surface area contributed by atoms with Gasteiger partial charge in [-0.15, -0.1) is 0 Å². The summed E-state index contributed by atoms with van der Waals surface area (Å²) in [6.07, 6.45) is 31.7. The Morgan fingerprint density at radius 2 is 0.849 bits per heavy atom. The van der Waals surface area contributed by atoms with Gasteiger partial charge in [0.2, 0.25) is 0 Å². The summed E-state index contributed by atoms with van der Waals surface area (Å²) < 4.78 is 11.9. The van der Waals surface area contributed by atoms with Gasteiger partial charge in [-0.1, -0.05) is 155 Å². The molecule has 0 aliphatic carbocycles. The molecule has 0 spiro atoms. The van der Waals surface area contributed by atoms with E-state index in [-0.39, 0.29) is 17.5 Å². The van der Waals surface area contributed by atoms with Crippen molar-refractivity contribution < 1.29 is 19.7 Å². The van der Waals surface area contributed by atoms with Crippen LogP contribution < -0.4 is 9.47 Å². The average molecular weight is 735 g/mol. The molecule has 2 N–H and O–H groups in total. The molecule has 0 radical (unpaired) electrons. The first kappa shape index (κ1) is 46.1. The number of hydrogen-bond donors (Lipinski definition) is 2. The molecule has 2 aromatic carbocycles. The molecule has 2 aromatic rings. The molecule has 0 bridgehead atoms. The minimum atomic E-state index is -0.0913. The third kappa shape index (κ3) is 22.1. The third-order valence-corrected chi connectivity index (χ3v) is 10.3. The van der Waals surface area contributed by atoms with Crippen LogP contribution in [-0.4, -0.2) is 47.4 Å². The molecular weight excluding hydrogens is 657 g/mol. The van der Waals surface area contributed by atoms with Gasteiger partial charge < -0.3 is 19.7 Å². The normalized spacial score (nSPS) is 12.7. The fourth-order valence-corrected chi connectivity index (χ4v) is 6.88. The molecule has 0 saturated heterocycles. The van der Waals surface area contributed by atoms with Gasteiger partial charge >= 0.3 is 0 Å². The van der Waals surface area contributed by atoms with Crippen LogP contribution in [0, 0.1) is 0 Å². The Kier molecular flexibility index (Phi) is 26.4. The van der Waals surface area contributed by atoms with Crippen LogP contribution in [-0.2, 0) is 0 Å². The first-order chi connectivity index (χ1) is 25.8. The molecule has 2 rings (SSSR count). The molecule has 53 heavy (non-hydrogen) atoms. The Morgan fingerprint density at radius 1 is 0.509 bits per heavy atom. The van der Waals surface area contributed by atoms with E-state index in [0.717, 1.165) is 24.3 Å². The lowest BCUT2D eigenvalue weighted by Gasteiger charge is -2.12. The van der Waals surface area contributed by atoms with E-state index >= 15 is 0 Å². The Bertz CT molecular complexity index is 1270. The number of phenols is 2. The number of hydrogen-bond acceptors (Lipinski definition) is 6. The van der Waals surface area contributed by atoms with Crippen LogP contribution in [0.5, 0.6) is 23.0 Å². The smallest absolute Gasteiger partial charge is 0.128 e. The molecular formula is C47H78N2O4. The zero-order valence-electron chi connectivity index (χ0n) is 34.7. The van der Waals surface area contributed by atoms with Crippen LogP contribution in [0.15, 0.2) is 46.4 Å². The maximum atomic E-state index is 10.7. The van der Waals surface area contributed by atoms with Crippen LogP contribution in [0.25, 0.3) is 0 Å². The monoisotopic (exact) mass is 735 g/mol. The van der Waals surface area contributed by atoms with Gasteiger partial charge in [0.15, 0.2) is 0 Å². The van der Waals surface area contributed by atoms with E-state index in [2.05, 4.69) is 13.8 Å². The SMILES string of the molecule is CCCCCCCCCCCCCCOc1ccc(C(C)=NCC(C)N=C(C)c2ccc(OCCCCCCCCCCCCCC)cc2O)c(O)c1. The fourth-order valence-electron chi connectivity index (χ4n) is 6.88. The summed E-state index contributed by atoms with van der Waals surface area (Å²) in [5.74, 6) is 1.74. The fraction of sp³-hybridized carbons (Fsp3) is 0.702. The van der Waals surface area contributed by atoms with E-state index in [1.165, 1.54) is 141 Å². The number of ether oxygens (including phenoxy) is 2. The molecule has 6 heteroatoms. The van der Waals surface area contributed by atoms with Gasteiger partial charge in [0.05, 0.1) is 25.8 Å². The van der Waals surface area contributed by atoms with Crippen molar-refractivity contribution in [1.29, 1.82) is 0 Å². The van der Waals surface area contributed by atoms with Gasteiger partial charge in [0, 0.05) is 34.7 Å². The molecule has 0 aliphatic rings. The summed E-state index contributed by atoms with van der Waals surface area (Å²) >= 11 is 0. The molecule has 1 unspecified atom stereocenters. The Labute approximate surface area is 325 Å². The Hall–Kier alpha value is -3.02. The van der Waals surface area contributed by atoms with Crippen LogP contribution in [0.3, 0.4) is 0 Å². The second-order valence-corrected chi connectivity index (χ2v) is 15.3. The molecule has 1 atom stereocenters. The van der Waals surface area contributed by atoms with E-state index in [0.29, 0.717) is 42.4 Å². The summed E-state index contributed by atoms with van der Waals surface area (Å²) in [5, 5.41) is 21.4. The second-order valence-electron chi connectivity index (χ2n) is 15.3. The largest absolute Gasteiger partial charge is 0.507 e. The average Bonchev–Trinajstić information content (AvgIpc) is 3.14. The summed E-state index contributed by atoms with van der Waals surface area (Å²) in [4.78, 5) is 9.51. The maximum absolute atomic E-state index is 10.7. The topological polar surface area (TPSA) is 83.6 Å². The van der Waals surface area contributed by atoms with Crippen LogP contribution in [0.4, 0.5) is 0 Å². The van der Waals surface area contributed by atoms with E-state index in [4.69, 9.17) is 19.5 Å². The molecule has 0 fully saturated rings. The van der Waals surface area contributed by atoms with E-state index in [1.807, 2.05) is 45.0 Å². The molecule has 0 aromatic heterocycles. The van der Waals surface area contributed by atoms with Crippen molar-refractivity contribution in [3.8, 4) is 23.0 Å². The zero-order chi connectivity index (χ0) is 38.4. The van der Waals surface area contributed by atoms with E-state index < -0.39 is 0 Å². The summed E-state index contributed by atoms with van der Waals surface area (Å²) in [5.41, 5.74) is 2.92. The summed E-state index contributed by atoms with van der Waals surface area (Å²) in [6, 6.07) is 10.9. The van der Waals surface area contributed by atoms with Gasteiger partial charge in [-0.05, 0) is 57.9 Å². The van der Waals surface area contributed by atoms with Crippen molar-refractivity contribution in [1.82, 2.24) is 0 Å². The number of benzene rings is 2. The highest BCUT2D eigenvalue weighted by Gasteiger charge is 2.11. The van der Waals surface area contributed by atoms with Gasteiger partial charge in [-0.2, -0.15) is 0 Å². The van der Waals surface area contributed by atoms with Crippen molar-refractivity contribution in [2.45, 2.75) is 195 Å². The van der Waals surface area contributed by atoms with Crippen molar-refractivity contribution in [2.75, 3.05) is 19.8 Å². The van der Waals surface area contributed by atoms with Crippen molar-refractivity contribution in [3.63, 3.8) is 0 Å². The molecule has 0 amide bonds. The quantitative estimate of drug-likeness (QED) is 0.0565. The number of aliphatic imine (C=N–C) groups is 2. The van der Waals surface area contributed by atoms with Gasteiger partial charge in [-0.3, -0.25) is 9.98 Å². The highest BCUT2D eigenvalue weighted by molar-refractivity contribution is 6.02. The number of rotatable bonds is 33. The minimum Gasteiger partial charge on any atom is -0.507 e. The number of phenolic OH excluding ortho intramolecular Hbond substituents is 2. The number of aromatic hydroxyl groups is 2. The molecule has 300 valence electrons. The highest BCUT2D eigenvalue weighted by atomic mass is 16.5. The predicted molar refractivity (Wildman–Crippen MR) is 228 cm³/mol. The van der Waals surface area contributed by atoms with Gasteiger partial charge in [0.25, 0.3) is 0 Å². The lowest BCUT2D eigenvalue weighted by Crippen LogP contribution is -2.10. The maximum Gasteiger partial charge on any atom is 0.128 e. The molecule has 0 heterocycles. The van der Waals surface area contributed by atoms with Crippen LogP contribution in [0.1, 0.15) is 200 Å². The Balaban J connectivity index is 1.64. The molecule has 0 saturated carbocycles. The standard InChI is InChI=1S/C47H78N2O4/c1-6-8-10-12-14-16-18-20-22-24-26-28-34-52-42-30-32-44(46(50)36-42)40(4)48-38-39(3)49-41(5)45-33-31-43(37-47(45)51)53-35-29-27-25-23-21-19-17-15-13-11-9-7-2/h30-33,36-37,39,50-51H,6-29,34-35,38H2,1-5H3. The molecule has 0 aliphatic heterocycles. The highest BCUT2D eigenvalue weighted by Crippen LogP contribution is 2.26. The van der Waals surface area contributed by atoms with Crippen LogP contribution >= 0.6 is 0 Å². The number of nitrogens with zero attached hydrogens (tertiary/aromatic N) is 2. The van der Waals surface area contributed by atoms with E-state index in [9.17, 15) is 10.2 Å². The number of unbranched alkanes of at least 4 members (excludes halogenated alkanes) is 22. The molecule has 6 nitrogen and oxygen atoms in total. The lowest BCUT2D eigenvalue weighted by molar-refractivity contribution is 0.302. The van der Waals surface area contributed by atoms with Crippen LogP contribution in [0.2, 0.25) is 0 Å². The van der Waals surface area contributed by atoms with Crippen molar-refractivity contribution >= 4 is 11.4 Å². The predicted octanol–water partition coefficient (Wildman–Crippen LogP) is 14.0. The second kappa shape index (κ2) is 30.3. The first-order valence-electron chi connectivity index (χ1n) is 21.8. The summed E-state index contributed by atoms with van der Waals surface area (Å²) in [6.45, 7) is 12.2. The van der Waals surface area contributed by atoms with E-state index in [1.54, 1.807) is 12.1 Å². The third-order valence-electron chi connectivity index (χ3n) is 10.3. The zero-order valence-corrected chi connectivity index (χ0v) is 34.7. The van der Waals surface area contributed by atoms with Gasteiger partial charge in [-0.25, -0.2) is 0 Å².